The molecule has 1 aromatic heterocycles. The van der Waals surface area contributed by atoms with Crippen LogP contribution in [0.3, 0.4) is 0 Å². The van der Waals surface area contributed by atoms with Crippen LogP contribution < -0.4 is 10.3 Å². The predicted octanol–water partition coefficient (Wildman–Crippen LogP) is 2.63. The number of aromatic nitrogens is 1. The molecule has 0 fully saturated rings. The molecule has 112 valence electrons. The zero-order valence-electron chi connectivity index (χ0n) is 11.0. The lowest BCUT2D eigenvalue weighted by Crippen LogP contribution is -2.19. The van der Waals surface area contributed by atoms with Crippen LogP contribution in [0.25, 0.3) is 0 Å². The van der Waals surface area contributed by atoms with E-state index in [-0.39, 0.29) is 21.4 Å². The van der Waals surface area contributed by atoms with E-state index in [0.29, 0.717) is 11.3 Å². The molecule has 0 radical (unpaired) electrons. The number of benzene rings is 1. The number of hydrogen-bond acceptors (Lipinski definition) is 3. The molecule has 0 unspecified atom stereocenters. The molecule has 0 saturated heterocycles. The second-order valence-corrected chi connectivity index (χ2v) is 6.96. The molecule has 2 aromatic rings. The Hall–Kier alpha value is -1.50. The highest BCUT2D eigenvalue weighted by Crippen LogP contribution is 2.26. The number of anilines is 1. The highest BCUT2D eigenvalue weighted by atomic mass is 35.5. The molecule has 0 aliphatic heterocycles. The fourth-order valence-corrected chi connectivity index (χ4v) is 3.66. The van der Waals surface area contributed by atoms with Crippen molar-refractivity contribution in [1.29, 1.82) is 0 Å². The van der Waals surface area contributed by atoms with Gasteiger partial charge in [-0.2, -0.15) is 0 Å². The molecule has 2 rings (SSSR count). The molecule has 0 aliphatic carbocycles. The third-order valence-electron chi connectivity index (χ3n) is 2.76. The highest BCUT2D eigenvalue weighted by Gasteiger charge is 2.16. The normalized spacial score (nSPS) is 11.4. The van der Waals surface area contributed by atoms with Gasteiger partial charge in [0, 0.05) is 34.9 Å². The Balaban J connectivity index is 2.27. The molecule has 5 nitrogen and oxygen atoms in total. The van der Waals surface area contributed by atoms with E-state index in [9.17, 15) is 13.2 Å². The summed E-state index contributed by atoms with van der Waals surface area (Å²) in [5.74, 6) is -0.353. The lowest BCUT2D eigenvalue weighted by molar-refractivity contribution is 0.600. The molecule has 21 heavy (non-hydrogen) atoms. The van der Waals surface area contributed by atoms with Crippen LogP contribution >= 0.6 is 23.2 Å². The first-order valence-corrected chi connectivity index (χ1v) is 8.29. The first kappa shape index (κ1) is 15.9. The van der Waals surface area contributed by atoms with E-state index in [0.717, 1.165) is 0 Å². The van der Waals surface area contributed by atoms with Crippen LogP contribution in [-0.4, -0.2) is 13.0 Å². The van der Waals surface area contributed by atoms with E-state index in [4.69, 9.17) is 23.2 Å². The number of nitrogens with one attached hydrogen (secondary N) is 1. The van der Waals surface area contributed by atoms with E-state index in [2.05, 4.69) is 4.72 Å². The molecule has 1 heterocycles. The molecule has 1 aromatic carbocycles. The number of halogens is 2. The topological polar surface area (TPSA) is 68.2 Å². The van der Waals surface area contributed by atoms with Crippen molar-refractivity contribution in [2.75, 3.05) is 4.72 Å². The smallest absolute Gasteiger partial charge is 0.250 e. The first-order valence-electron chi connectivity index (χ1n) is 5.88. The van der Waals surface area contributed by atoms with E-state index >= 15 is 0 Å². The van der Waals surface area contributed by atoms with E-state index in [1.807, 2.05) is 0 Å². The van der Waals surface area contributed by atoms with Crippen molar-refractivity contribution in [2.24, 2.45) is 7.05 Å². The molecule has 0 aliphatic rings. The second-order valence-electron chi connectivity index (χ2n) is 4.43. The van der Waals surface area contributed by atoms with Gasteiger partial charge in [-0.15, -0.1) is 0 Å². The van der Waals surface area contributed by atoms with Gasteiger partial charge in [0.25, 0.3) is 0 Å². The summed E-state index contributed by atoms with van der Waals surface area (Å²) in [5.41, 5.74) is 0.394. The lowest BCUT2D eigenvalue weighted by atomic mass is 10.2. The van der Waals surface area contributed by atoms with Gasteiger partial charge in [-0.1, -0.05) is 29.3 Å². The van der Waals surface area contributed by atoms with Gasteiger partial charge in [0.05, 0.1) is 11.4 Å². The maximum absolute atomic E-state index is 12.2. The van der Waals surface area contributed by atoms with Gasteiger partial charge in [-0.25, -0.2) is 8.42 Å². The first-order chi connectivity index (χ1) is 9.78. The van der Waals surface area contributed by atoms with Crippen LogP contribution in [0.15, 0.2) is 41.3 Å². The third-order valence-corrected chi connectivity index (χ3v) is 4.68. The van der Waals surface area contributed by atoms with Crippen molar-refractivity contribution in [3.05, 3.63) is 62.5 Å². The molecular weight excluding hydrogens is 335 g/mol. The third kappa shape index (κ3) is 4.00. The van der Waals surface area contributed by atoms with Crippen LogP contribution in [-0.2, 0) is 22.8 Å². The van der Waals surface area contributed by atoms with Crippen molar-refractivity contribution < 1.29 is 8.42 Å². The fraction of sp³-hybridized carbons (Fsp3) is 0.154. The van der Waals surface area contributed by atoms with Crippen molar-refractivity contribution in [1.82, 2.24) is 4.57 Å². The Morgan fingerprint density at radius 3 is 2.33 bits per heavy atom. The number of rotatable bonds is 4. The molecule has 0 bridgehead atoms. The summed E-state index contributed by atoms with van der Waals surface area (Å²) in [4.78, 5) is 11.3. The number of sulfonamides is 1. The average molecular weight is 347 g/mol. The van der Waals surface area contributed by atoms with Crippen LogP contribution in [0.2, 0.25) is 10.0 Å². The summed E-state index contributed by atoms with van der Waals surface area (Å²) in [6.45, 7) is 0. The average Bonchev–Trinajstić information content (AvgIpc) is 2.38. The predicted molar refractivity (Wildman–Crippen MR) is 84.4 cm³/mol. The summed E-state index contributed by atoms with van der Waals surface area (Å²) in [5, 5.41) is 0.571. The number of pyridine rings is 1. The van der Waals surface area contributed by atoms with Gasteiger partial charge < -0.3 is 4.57 Å². The molecule has 0 spiro atoms. The van der Waals surface area contributed by atoms with Gasteiger partial charge in [0.1, 0.15) is 0 Å². The van der Waals surface area contributed by atoms with Crippen LogP contribution in [0.4, 0.5) is 5.69 Å². The Morgan fingerprint density at radius 2 is 1.76 bits per heavy atom. The molecule has 0 saturated carbocycles. The Kier molecular flexibility index (Phi) is 4.61. The second kappa shape index (κ2) is 6.09. The summed E-state index contributed by atoms with van der Waals surface area (Å²) in [6.07, 6.45) is 1.40. The maximum Gasteiger partial charge on any atom is 0.250 e. The number of nitrogens with zero attached hydrogens (tertiary/aromatic N) is 1. The molecular formula is C13H12Cl2N2O3S. The molecule has 1 N–H and O–H groups in total. The maximum atomic E-state index is 12.2. The number of hydrogen-bond donors (Lipinski definition) is 1. The van der Waals surface area contributed by atoms with E-state index in [1.54, 1.807) is 18.2 Å². The van der Waals surface area contributed by atoms with Crippen molar-refractivity contribution in [3.63, 3.8) is 0 Å². The minimum Gasteiger partial charge on any atom is -0.316 e. The zero-order chi connectivity index (χ0) is 15.6. The summed E-state index contributed by atoms with van der Waals surface area (Å²) < 4.78 is 28.0. The summed E-state index contributed by atoms with van der Waals surface area (Å²) in [7, 11) is -2.16. The van der Waals surface area contributed by atoms with Crippen molar-refractivity contribution >= 4 is 38.9 Å². The van der Waals surface area contributed by atoms with Gasteiger partial charge in [0.15, 0.2) is 0 Å². The minimum absolute atomic E-state index is 0.230. The Morgan fingerprint density at radius 1 is 1.14 bits per heavy atom. The van der Waals surface area contributed by atoms with Crippen molar-refractivity contribution in [2.45, 2.75) is 5.75 Å². The van der Waals surface area contributed by atoms with Gasteiger partial charge in [0.2, 0.25) is 15.6 Å². The SMILES string of the molecule is Cn1cc(NS(=O)(=O)Cc2c(Cl)cccc2Cl)ccc1=O. The summed E-state index contributed by atoms with van der Waals surface area (Å²) in [6, 6.07) is 7.46. The molecule has 0 amide bonds. The number of aryl methyl sites for hydroxylation is 1. The van der Waals surface area contributed by atoms with Crippen LogP contribution in [0, 0.1) is 0 Å². The molecule has 0 atom stereocenters. The van der Waals surface area contributed by atoms with Gasteiger partial charge >= 0.3 is 0 Å². The van der Waals surface area contributed by atoms with Crippen LogP contribution in [0.5, 0.6) is 0 Å². The largest absolute Gasteiger partial charge is 0.316 e. The summed E-state index contributed by atoms with van der Waals surface area (Å²) >= 11 is 11.9. The van der Waals surface area contributed by atoms with Crippen molar-refractivity contribution in [3.8, 4) is 0 Å². The Bertz CT molecular complexity index is 811. The van der Waals surface area contributed by atoms with Gasteiger partial charge in [-0.05, 0) is 18.2 Å². The monoisotopic (exact) mass is 346 g/mol. The Labute approximate surface area is 132 Å². The lowest BCUT2D eigenvalue weighted by Gasteiger charge is -2.11. The van der Waals surface area contributed by atoms with Crippen LogP contribution in [0.1, 0.15) is 5.56 Å². The fourth-order valence-electron chi connectivity index (χ4n) is 1.73. The quantitative estimate of drug-likeness (QED) is 0.925. The van der Waals surface area contributed by atoms with E-state index < -0.39 is 10.0 Å². The zero-order valence-corrected chi connectivity index (χ0v) is 13.3. The standard InChI is InChI=1S/C13H12Cl2N2O3S/c1-17-7-9(5-6-13(17)18)16-21(19,20)8-10-11(14)3-2-4-12(10)15/h2-7,16H,8H2,1H3. The van der Waals surface area contributed by atoms with Gasteiger partial charge in [-0.3, -0.25) is 9.52 Å². The minimum atomic E-state index is -3.70. The highest BCUT2D eigenvalue weighted by molar-refractivity contribution is 7.91. The van der Waals surface area contributed by atoms with E-state index in [1.165, 1.54) is 29.9 Å². The molecule has 8 heteroatoms.